The number of aryl methyl sites for hydroxylation is 1. The van der Waals surface area contributed by atoms with Crippen LogP contribution in [0.2, 0.25) is 0 Å². The molecule has 1 unspecified atom stereocenters. The molecule has 1 aliphatic heterocycles. The molecule has 0 aromatic heterocycles. The highest BCUT2D eigenvalue weighted by atomic mass is 15.2. The van der Waals surface area contributed by atoms with Gasteiger partial charge in [-0.3, -0.25) is 4.90 Å². The molecular weight excluding hydrogens is 184 g/mol. The van der Waals surface area contributed by atoms with Gasteiger partial charge in [-0.1, -0.05) is 24.3 Å². The second kappa shape index (κ2) is 3.62. The van der Waals surface area contributed by atoms with Crippen molar-refractivity contribution in [1.29, 1.82) is 0 Å². The summed E-state index contributed by atoms with van der Waals surface area (Å²) in [6.45, 7) is 2.16. The second-order valence-corrected chi connectivity index (χ2v) is 4.82. The molecule has 3 rings (SSSR count). The highest BCUT2D eigenvalue weighted by molar-refractivity contribution is 5.32. The fourth-order valence-electron chi connectivity index (χ4n) is 2.91. The molecule has 2 nitrogen and oxygen atoms in total. The van der Waals surface area contributed by atoms with Crippen LogP contribution in [0.5, 0.6) is 0 Å². The Kier molecular flexibility index (Phi) is 2.26. The van der Waals surface area contributed by atoms with E-state index in [1.807, 2.05) is 0 Å². The lowest BCUT2D eigenvalue weighted by Crippen LogP contribution is -2.57. The van der Waals surface area contributed by atoms with E-state index >= 15 is 0 Å². The summed E-state index contributed by atoms with van der Waals surface area (Å²) >= 11 is 0. The largest absolute Gasteiger partial charge is 0.325 e. The standard InChI is InChI=1S/C13H18N2/c14-11-8-15(9-11)13-7-3-5-10-4-1-2-6-12(10)13/h1-2,4,6,11,13H,3,5,7-9,14H2. The molecule has 1 fully saturated rings. The lowest BCUT2D eigenvalue weighted by molar-refractivity contribution is 0.0833. The number of likely N-dealkylation sites (tertiary alicyclic amines) is 1. The zero-order valence-corrected chi connectivity index (χ0v) is 9.02. The molecular formula is C13H18N2. The number of hydrogen-bond acceptors (Lipinski definition) is 2. The summed E-state index contributed by atoms with van der Waals surface area (Å²) in [4.78, 5) is 2.53. The molecule has 0 bridgehead atoms. The molecule has 15 heavy (non-hydrogen) atoms. The Hall–Kier alpha value is -0.860. The van der Waals surface area contributed by atoms with E-state index in [0.717, 1.165) is 13.1 Å². The number of fused-ring (bicyclic) bond motifs is 1. The third-order valence-electron chi connectivity index (χ3n) is 3.72. The number of rotatable bonds is 1. The van der Waals surface area contributed by atoms with Crippen LogP contribution in [0.3, 0.4) is 0 Å². The van der Waals surface area contributed by atoms with Crippen molar-refractivity contribution in [3.63, 3.8) is 0 Å². The summed E-state index contributed by atoms with van der Waals surface area (Å²) in [7, 11) is 0. The molecule has 1 saturated heterocycles. The van der Waals surface area contributed by atoms with Gasteiger partial charge in [-0.05, 0) is 30.4 Å². The van der Waals surface area contributed by atoms with Gasteiger partial charge in [0.05, 0.1) is 0 Å². The molecule has 2 heteroatoms. The van der Waals surface area contributed by atoms with Crippen molar-refractivity contribution < 1.29 is 0 Å². The molecule has 1 aromatic rings. The average Bonchev–Trinajstić information content (AvgIpc) is 2.24. The van der Waals surface area contributed by atoms with Crippen molar-refractivity contribution >= 4 is 0 Å². The molecule has 0 saturated carbocycles. The predicted octanol–water partition coefficient (Wildman–Crippen LogP) is 1.71. The van der Waals surface area contributed by atoms with E-state index in [2.05, 4.69) is 29.2 Å². The third-order valence-corrected chi connectivity index (χ3v) is 3.72. The first kappa shape index (κ1) is 9.37. The Morgan fingerprint density at radius 1 is 1.20 bits per heavy atom. The first-order valence-electron chi connectivity index (χ1n) is 5.92. The van der Waals surface area contributed by atoms with Gasteiger partial charge in [0.2, 0.25) is 0 Å². The molecule has 1 aromatic carbocycles. The van der Waals surface area contributed by atoms with E-state index in [4.69, 9.17) is 5.73 Å². The molecule has 2 aliphatic rings. The summed E-state index contributed by atoms with van der Waals surface area (Å²) in [6.07, 6.45) is 3.89. The van der Waals surface area contributed by atoms with Gasteiger partial charge in [0.25, 0.3) is 0 Å². The van der Waals surface area contributed by atoms with Crippen molar-refractivity contribution in [1.82, 2.24) is 4.90 Å². The van der Waals surface area contributed by atoms with Crippen molar-refractivity contribution in [3.05, 3.63) is 35.4 Å². The fraction of sp³-hybridized carbons (Fsp3) is 0.538. The van der Waals surface area contributed by atoms with Gasteiger partial charge in [0, 0.05) is 25.2 Å². The SMILES string of the molecule is NC1CN(C2CCCc3ccccc32)C1. The number of nitrogens with two attached hydrogens (primary N) is 1. The maximum absolute atomic E-state index is 5.85. The minimum atomic E-state index is 0.416. The van der Waals surface area contributed by atoms with Gasteiger partial charge in [0.15, 0.2) is 0 Å². The van der Waals surface area contributed by atoms with Gasteiger partial charge >= 0.3 is 0 Å². The molecule has 0 spiro atoms. The van der Waals surface area contributed by atoms with Gasteiger partial charge in [-0.2, -0.15) is 0 Å². The minimum absolute atomic E-state index is 0.416. The van der Waals surface area contributed by atoms with Crippen LogP contribution >= 0.6 is 0 Å². The molecule has 0 amide bonds. The van der Waals surface area contributed by atoms with Crippen LogP contribution in [0.15, 0.2) is 24.3 Å². The van der Waals surface area contributed by atoms with Crippen LogP contribution in [0.25, 0.3) is 0 Å². The van der Waals surface area contributed by atoms with Gasteiger partial charge < -0.3 is 5.73 Å². The Labute approximate surface area is 91.1 Å². The van der Waals surface area contributed by atoms with Crippen molar-refractivity contribution in [2.75, 3.05) is 13.1 Å². The maximum atomic E-state index is 5.85. The monoisotopic (exact) mass is 202 g/mol. The van der Waals surface area contributed by atoms with Gasteiger partial charge in [-0.15, -0.1) is 0 Å². The first-order chi connectivity index (χ1) is 7.34. The van der Waals surface area contributed by atoms with Crippen molar-refractivity contribution in [2.24, 2.45) is 5.73 Å². The van der Waals surface area contributed by atoms with Crippen LogP contribution in [0.4, 0.5) is 0 Å². The quantitative estimate of drug-likeness (QED) is 0.751. The predicted molar refractivity (Wildman–Crippen MR) is 61.7 cm³/mol. The fourth-order valence-corrected chi connectivity index (χ4v) is 2.91. The lowest BCUT2D eigenvalue weighted by atomic mass is 9.85. The van der Waals surface area contributed by atoms with E-state index in [0.29, 0.717) is 12.1 Å². The summed E-state index contributed by atoms with van der Waals surface area (Å²) < 4.78 is 0. The normalized spacial score (nSPS) is 27.1. The Bertz CT molecular complexity index is 355. The van der Waals surface area contributed by atoms with Crippen LogP contribution in [0, 0.1) is 0 Å². The van der Waals surface area contributed by atoms with E-state index in [-0.39, 0.29) is 0 Å². The number of nitrogens with zero attached hydrogens (tertiary/aromatic N) is 1. The zero-order chi connectivity index (χ0) is 10.3. The van der Waals surface area contributed by atoms with Gasteiger partial charge in [-0.25, -0.2) is 0 Å². The van der Waals surface area contributed by atoms with E-state index in [1.54, 1.807) is 11.1 Å². The number of hydrogen-bond donors (Lipinski definition) is 1. The molecule has 1 atom stereocenters. The van der Waals surface area contributed by atoms with Crippen molar-refractivity contribution in [3.8, 4) is 0 Å². The van der Waals surface area contributed by atoms with Crippen LogP contribution in [-0.4, -0.2) is 24.0 Å². The second-order valence-electron chi connectivity index (χ2n) is 4.82. The van der Waals surface area contributed by atoms with E-state index in [1.165, 1.54) is 19.3 Å². The average molecular weight is 202 g/mol. The summed E-state index contributed by atoms with van der Waals surface area (Å²) in [5.74, 6) is 0. The zero-order valence-electron chi connectivity index (χ0n) is 9.02. The smallest absolute Gasteiger partial charge is 0.0352 e. The minimum Gasteiger partial charge on any atom is -0.325 e. The molecule has 0 radical (unpaired) electrons. The Balaban J connectivity index is 1.86. The highest BCUT2D eigenvalue weighted by Crippen LogP contribution is 2.36. The Morgan fingerprint density at radius 3 is 2.80 bits per heavy atom. The summed E-state index contributed by atoms with van der Waals surface area (Å²) in [6, 6.07) is 9.96. The van der Waals surface area contributed by atoms with Crippen LogP contribution < -0.4 is 5.73 Å². The van der Waals surface area contributed by atoms with Crippen LogP contribution in [0.1, 0.15) is 30.0 Å². The van der Waals surface area contributed by atoms with Gasteiger partial charge in [0.1, 0.15) is 0 Å². The number of benzene rings is 1. The Morgan fingerprint density at radius 2 is 2.00 bits per heavy atom. The highest BCUT2D eigenvalue weighted by Gasteiger charge is 2.32. The molecule has 1 heterocycles. The van der Waals surface area contributed by atoms with E-state index in [9.17, 15) is 0 Å². The molecule has 1 aliphatic carbocycles. The lowest BCUT2D eigenvalue weighted by Gasteiger charge is -2.44. The van der Waals surface area contributed by atoms with Crippen LogP contribution in [-0.2, 0) is 6.42 Å². The molecule has 80 valence electrons. The molecule has 2 N–H and O–H groups in total. The maximum Gasteiger partial charge on any atom is 0.0352 e. The van der Waals surface area contributed by atoms with E-state index < -0.39 is 0 Å². The van der Waals surface area contributed by atoms with Crippen molar-refractivity contribution in [2.45, 2.75) is 31.3 Å². The summed E-state index contributed by atoms with van der Waals surface area (Å²) in [5.41, 5.74) is 8.96. The topological polar surface area (TPSA) is 29.3 Å². The third kappa shape index (κ3) is 1.58. The first-order valence-corrected chi connectivity index (χ1v) is 5.92. The summed E-state index contributed by atoms with van der Waals surface area (Å²) in [5, 5.41) is 0.